The summed E-state index contributed by atoms with van der Waals surface area (Å²) in [5.74, 6) is 0. The van der Waals surface area contributed by atoms with Crippen molar-refractivity contribution in [3.8, 4) is 22.3 Å². The molecule has 0 N–H and O–H groups in total. The summed E-state index contributed by atoms with van der Waals surface area (Å²) in [6, 6.07) is 63.9. The third kappa shape index (κ3) is 4.38. The van der Waals surface area contributed by atoms with Crippen LogP contribution in [-0.4, -0.2) is 0 Å². The Morgan fingerprint density at radius 1 is 0.348 bits per heavy atom. The van der Waals surface area contributed by atoms with Gasteiger partial charge in [0.2, 0.25) is 0 Å². The van der Waals surface area contributed by atoms with Crippen LogP contribution >= 0.6 is 11.3 Å². The summed E-state index contributed by atoms with van der Waals surface area (Å²) in [5.41, 5.74) is 8.36. The van der Waals surface area contributed by atoms with Gasteiger partial charge in [0.05, 0.1) is 11.4 Å². The van der Waals surface area contributed by atoms with Crippen LogP contribution in [0.3, 0.4) is 0 Å². The van der Waals surface area contributed by atoms with Crippen LogP contribution in [0.15, 0.2) is 176 Å². The largest absolute Gasteiger partial charge is 0.309 e. The summed E-state index contributed by atoms with van der Waals surface area (Å²) in [5, 5.41) is 7.64. The van der Waals surface area contributed by atoms with E-state index < -0.39 is 0 Å². The monoisotopic (exact) mass is 603 g/mol. The third-order valence-electron chi connectivity index (χ3n) is 9.06. The Hall–Kier alpha value is -5.70. The molecule has 9 rings (SSSR count). The lowest BCUT2D eigenvalue weighted by molar-refractivity contribution is 1.32. The topological polar surface area (TPSA) is 3.24 Å². The quantitative estimate of drug-likeness (QED) is 0.189. The number of thiophene rings is 1. The van der Waals surface area contributed by atoms with E-state index in [4.69, 9.17) is 0 Å². The molecule has 216 valence electrons. The van der Waals surface area contributed by atoms with E-state index in [0.29, 0.717) is 0 Å². The first-order chi connectivity index (χ1) is 22.8. The van der Waals surface area contributed by atoms with Gasteiger partial charge in [0.1, 0.15) is 0 Å². The molecule has 0 aliphatic carbocycles. The van der Waals surface area contributed by atoms with Crippen LogP contribution in [0, 0.1) is 0 Å². The summed E-state index contributed by atoms with van der Waals surface area (Å²) in [4.78, 5) is 2.47. The van der Waals surface area contributed by atoms with Gasteiger partial charge in [-0.05, 0) is 63.4 Å². The minimum Gasteiger partial charge on any atom is -0.309 e. The number of rotatable bonds is 5. The first-order valence-electron chi connectivity index (χ1n) is 15.7. The second-order valence-corrected chi connectivity index (χ2v) is 12.8. The Morgan fingerprint density at radius 2 is 0.891 bits per heavy atom. The zero-order chi connectivity index (χ0) is 30.5. The first kappa shape index (κ1) is 26.7. The number of benzene rings is 8. The molecule has 0 fully saturated rings. The molecule has 0 amide bonds. The molecular weight excluding hydrogens is 575 g/mol. The molecule has 0 atom stereocenters. The minimum atomic E-state index is 1.13. The second-order valence-electron chi connectivity index (χ2n) is 11.7. The normalized spacial score (nSPS) is 11.5. The fraction of sp³-hybridized carbons (Fsp3) is 0. The van der Waals surface area contributed by atoms with Crippen molar-refractivity contribution in [2.45, 2.75) is 0 Å². The van der Waals surface area contributed by atoms with Crippen LogP contribution in [-0.2, 0) is 0 Å². The predicted octanol–water partition coefficient (Wildman–Crippen LogP) is 13.2. The first-order valence-corrected chi connectivity index (χ1v) is 16.5. The van der Waals surface area contributed by atoms with Gasteiger partial charge in [0.15, 0.2) is 0 Å². The zero-order valence-corrected chi connectivity index (χ0v) is 25.9. The molecule has 1 nitrogen and oxygen atoms in total. The van der Waals surface area contributed by atoms with E-state index in [0.717, 1.165) is 11.4 Å². The van der Waals surface area contributed by atoms with E-state index >= 15 is 0 Å². The lowest BCUT2D eigenvalue weighted by Crippen LogP contribution is -2.11. The van der Waals surface area contributed by atoms with E-state index in [1.807, 2.05) is 11.3 Å². The number of nitrogens with zero attached hydrogens (tertiary/aromatic N) is 1. The van der Waals surface area contributed by atoms with Gasteiger partial charge in [-0.3, -0.25) is 0 Å². The third-order valence-corrected chi connectivity index (χ3v) is 10.2. The summed E-state index contributed by atoms with van der Waals surface area (Å²) >= 11 is 1.87. The number of fused-ring (bicyclic) bond motifs is 6. The van der Waals surface area contributed by atoms with Gasteiger partial charge >= 0.3 is 0 Å². The van der Waals surface area contributed by atoms with Crippen LogP contribution in [0.1, 0.15) is 0 Å². The molecule has 9 aromatic rings. The van der Waals surface area contributed by atoms with Crippen molar-refractivity contribution in [1.29, 1.82) is 0 Å². The highest BCUT2D eigenvalue weighted by Crippen LogP contribution is 2.48. The van der Waals surface area contributed by atoms with Crippen molar-refractivity contribution in [2.75, 3.05) is 4.90 Å². The highest BCUT2D eigenvalue weighted by Gasteiger charge is 2.21. The molecule has 0 aliphatic heterocycles. The maximum atomic E-state index is 2.47. The second kappa shape index (κ2) is 11.0. The van der Waals surface area contributed by atoms with Gasteiger partial charge in [-0.2, -0.15) is 0 Å². The fourth-order valence-electron chi connectivity index (χ4n) is 6.94. The van der Waals surface area contributed by atoms with Crippen LogP contribution in [0.4, 0.5) is 17.1 Å². The predicted molar refractivity (Wildman–Crippen MR) is 200 cm³/mol. The number of anilines is 3. The lowest BCUT2D eigenvalue weighted by atomic mass is 9.95. The van der Waals surface area contributed by atoms with Gasteiger partial charge < -0.3 is 4.90 Å². The van der Waals surface area contributed by atoms with Crippen LogP contribution < -0.4 is 4.90 Å². The summed E-state index contributed by atoms with van der Waals surface area (Å²) in [7, 11) is 0. The average Bonchev–Trinajstić information content (AvgIpc) is 3.51. The van der Waals surface area contributed by atoms with Gasteiger partial charge in [0, 0.05) is 36.6 Å². The number of hydrogen-bond donors (Lipinski definition) is 0. The molecule has 1 heterocycles. The van der Waals surface area contributed by atoms with Crippen molar-refractivity contribution < 1.29 is 0 Å². The van der Waals surface area contributed by atoms with Gasteiger partial charge in [-0.25, -0.2) is 0 Å². The molecule has 0 bridgehead atoms. The standard InChI is InChI=1S/C44H29NS/c1-3-13-30(14-4-1)31-23-25-33(26-24-31)45(40-28-27-34(32-15-5-2-6-16-32)35-17-7-8-18-36(35)40)41-29-43-44(38-20-10-9-19-37(38)41)39-21-11-12-22-42(39)46-43/h1-29H. The molecule has 0 spiro atoms. The maximum Gasteiger partial charge on any atom is 0.0554 e. The highest BCUT2D eigenvalue weighted by molar-refractivity contribution is 7.26. The van der Waals surface area contributed by atoms with Crippen molar-refractivity contribution in [2.24, 2.45) is 0 Å². The van der Waals surface area contributed by atoms with Crippen molar-refractivity contribution in [3.63, 3.8) is 0 Å². The molecule has 1 aromatic heterocycles. The molecule has 46 heavy (non-hydrogen) atoms. The van der Waals surface area contributed by atoms with E-state index in [-0.39, 0.29) is 0 Å². The molecule has 0 saturated heterocycles. The molecule has 0 radical (unpaired) electrons. The van der Waals surface area contributed by atoms with Crippen LogP contribution in [0.25, 0.3) is 64.0 Å². The minimum absolute atomic E-state index is 1.13. The van der Waals surface area contributed by atoms with Crippen LogP contribution in [0.5, 0.6) is 0 Å². The van der Waals surface area contributed by atoms with Crippen molar-refractivity contribution in [3.05, 3.63) is 176 Å². The van der Waals surface area contributed by atoms with Gasteiger partial charge in [-0.15, -0.1) is 11.3 Å². The Morgan fingerprint density at radius 3 is 1.61 bits per heavy atom. The smallest absolute Gasteiger partial charge is 0.0554 e. The lowest BCUT2D eigenvalue weighted by Gasteiger charge is -2.29. The van der Waals surface area contributed by atoms with Crippen molar-refractivity contribution in [1.82, 2.24) is 0 Å². The SMILES string of the molecule is c1ccc(-c2ccc(N(c3ccc(-c4ccccc4)c4ccccc34)c3cc4sc5ccccc5c4c4ccccc34)cc2)cc1. The van der Waals surface area contributed by atoms with Gasteiger partial charge in [0.25, 0.3) is 0 Å². The van der Waals surface area contributed by atoms with E-state index in [2.05, 4.69) is 181 Å². The highest BCUT2D eigenvalue weighted by atomic mass is 32.1. The van der Waals surface area contributed by atoms with E-state index in [1.165, 1.54) is 69.7 Å². The molecule has 0 saturated carbocycles. The molecule has 0 unspecified atom stereocenters. The summed E-state index contributed by atoms with van der Waals surface area (Å²) < 4.78 is 2.61. The van der Waals surface area contributed by atoms with E-state index in [1.54, 1.807) is 0 Å². The fourth-order valence-corrected chi connectivity index (χ4v) is 8.10. The molecule has 0 aliphatic rings. The van der Waals surface area contributed by atoms with E-state index in [9.17, 15) is 0 Å². The zero-order valence-electron chi connectivity index (χ0n) is 25.1. The van der Waals surface area contributed by atoms with Crippen LogP contribution in [0.2, 0.25) is 0 Å². The molecule has 2 heteroatoms. The average molecular weight is 604 g/mol. The Balaban J connectivity index is 1.34. The summed E-state index contributed by atoms with van der Waals surface area (Å²) in [6.45, 7) is 0. The Labute approximate surface area is 272 Å². The summed E-state index contributed by atoms with van der Waals surface area (Å²) in [6.07, 6.45) is 0. The molecular formula is C44H29NS. The number of hydrogen-bond acceptors (Lipinski definition) is 2. The Kier molecular flexibility index (Phi) is 6.40. The Bertz CT molecular complexity index is 2510. The van der Waals surface area contributed by atoms with Gasteiger partial charge in [-0.1, -0.05) is 146 Å². The molecule has 8 aromatic carbocycles. The van der Waals surface area contributed by atoms with Crippen molar-refractivity contribution >= 4 is 70.1 Å². The maximum absolute atomic E-state index is 2.47.